The van der Waals surface area contributed by atoms with Gasteiger partial charge < -0.3 is 10.2 Å². The first-order valence-corrected chi connectivity index (χ1v) is 12.4. The summed E-state index contributed by atoms with van der Waals surface area (Å²) in [5.74, 6) is -0.350. The van der Waals surface area contributed by atoms with Gasteiger partial charge in [-0.3, -0.25) is 9.59 Å². The van der Waals surface area contributed by atoms with E-state index in [4.69, 9.17) is 0 Å². The van der Waals surface area contributed by atoms with Crippen molar-refractivity contribution in [2.24, 2.45) is 5.92 Å². The van der Waals surface area contributed by atoms with E-state index < -0.39 is 16.1 Å². The minimum absolute atomic E-state index is 0.0710. The predicted octanol–water partition coefficient (Wildman–Crippen LogP) is 3.49. The molecule has 0 fully saturated rings. The fourth-order valence-corrected chi connectivity index (χ4v) is 5.16. The molecule has 0 saturated carbocycles. The fourth-order valence-electron chi connectivity index (χ4n) is 3.91. The molecule has 2 aromatic carbocycles. The van der Waals surface area contributed by atoms with Crippen LogP contribution in [0.5, 0.6) is 0 Å². The van der Waals surface area contributed by atoms with Crippen LogP contribution in [0.3, 0.4) is 0 Å². The van der Waals surface area contributed by atoms with Crippen molar-refractivity contribution < 1.29 is 18.0 Å². The van der Waals surface area contributed by atoms with E-state index in [0.717, 1.165) is 23.2 Å². The molecular formula is C24H31N3O4S. The van der Waals surface area contributed by atoms with E-state index in [9.17, 15) is 18.0 Å². The van der Waals surface area contributed by atoms with Crippen LogP contribution in [0.25, 0.3) is 0 Å². The van der Waals surface area contributed by atoms with Crippen molar-refractivity contribution in [2.75, 3.05) is 16.8 Å². The molecule has 0 saturated heterocycles. The van der Waals surface area contributed by atoms with E-state index in [1.54, 1.807) is 23.1 Å². The molecule has 0 radical (unpaired) electrons. The maximum Gasteiger partial charge on any atom is 0.242 e. The van der Waals surface area contributed by atoms with Crippen molar-refractivity contribution in [2.45, 2.75) is 57.9 Å². The quantitative estimate of drug-likeness (QED) is 0.634. The van der Waals surface area contributed by atoms with Gasteiger partial charge in [-0.05, 0) is 66.6 Å². The highest BCUT2D eigenvalue weighted by molar-refractivity contribution is 7.89. The van der Waals surface area contributed by atoms with Crippen LogP contribution in [0.1, 0.15) is 45.2 Å². The zero-order valence-electron chi connectivity index (χ0n) is 19.0. The van der Waals surface area contributed by atoms with Crippen LogP contribution in [0.2, 0.25) is 0 Å². The Kier molecular flexibility index (Phi) is 7.36. The largest absolute Gasteiger partial charge is 0.325 e. The van der Waals surface area contributed by atoms with Gasteiger partial charge in [0.15, 0.2) is 0 Å². The van der Waals surface area contributed by atoms with Crippen molar-refractivity contribution in [3.63, 3.8) is 0 Å². The van der Waals surface area contributed by atoms with Crippen LogP contribution in [-0.2, 0) is 32.5 Å². The highest BCUT2D eigenvalue weighted by Gasteiger charge is 2.29. The number of nitrogens with one attached hydrogen (secondary N) is 2. The van der Waals surface area contributed by atoms with Gasteiger partial charge in [-0.1, -0.05) is 32.9 Å². The molecule has 1 unspecified atom stereocenters. The maximum absolute atomic E-state index is 13.1. The second kappa shape index (κ2) is 9.83. The first-order chi connectivity index (χ1) is 15.1. The molecule has 3 rings (SSSR count). The zero-order chi connectivity index (χ0) is 23.5. The van der Waals surface area contributed by atoms with E-state index >= 15 is 0 Å². The summed E-state index contributed by atoms with van der Waals surface area (Å²) in [5.41, 5.74) is 3.28. The van der Waals surface area contributed by atoms with Crippen molar-refractivity contribution in [3.8, 4) is 0 Å². The molecule has 1 heterocycles. The lowest BCUT2D eigenvalue weighted by molar-refractivity contribution is -0.118. The highest BCUT2D eigenvalue weighted by Crippen LogP contribution is 2.30. The number of carbonyl (C=O) groups excluding carboxylic acids is 2. The summed E-state index contributed by atoms with van der Waals surface area (Å²) in [7, 11) is -3.93. The molecule has 2 N–H and O–H groups in total. The van der Waals surface area contributed by atoms with E-state index in [-0.39, 0.29) is 22.6 Å². The molecule has 1 atom stereocenters. The van der Waals surface area contributed by atoms with E-state index in [0.29, 0.717) is 25.1 Å². The number of hydrogen-bond donors (Lipinski definition) is 2. The Morgan fingerprint density at radius 1 is 1.12 bits per heavy atom. The number of benzene rings is 2. The molecule has 32 heavy (non-hydrogen) atoms. The van der Waals surface area contributed by atoms with E-state index in [2.05, 4.69) is 10.0 Å². The number of fused-ring (bicyclic) bond motifs is 1. The summed E-state index contributed by atoms with van der Waals surface area (Å²) in [4.78, 5) is 26.5. The molecular weight excluding hydrogens is 426 g/mol. The third kappa shape index (κ3) is 5.55. The maximum atomic E-state index is 13.1. The molecule has 8 heteroatoms. The average Bonchev–Trinajstić information content (AvgIpc) is 3.16. The molecule has 1 aliphatic rings. The smallest absolute Gasteiger partial charge is 0.242 e. The van der Waals surface area contributed by atoms with E-state index in [1.165, 1.54) is 13.0 Å². The first kappa shape index (κ1) is 23.9. The Morgan fingerprint density at radius 3 is 2.53 bits per heavy atom. The lowest BCUT2D eigenvalue weighted by Gasteiger charge is -2.21. The summed E-state index contributed by atoms with van der Waals surface area (Å²) in [6.07, 6.45) is 1.80. The number of amides is 2. The first-order valence-electron chi connectivity index (χ1n) is 10.9. The summed E-state index contributed by atoms with van der Waals surface area (Å²) in [6, 6.07) is 11.3. The second-order valence-corrected chi connectivity index (χ2v) is 10.3. The standard InChI is InChI=1S/C24H31N3O4S/c1-5-18-7-6-8-20(14-18)25-24(29)22(13-16(2)3)26-32(30,31)21-9-10-23-19(15-21)11-12-27(23)17(4)28/h6-10,14-16,22,26H,5,11-13H2,1-4H3,(H,25,29). The summed E-state index contributed by atoms with van der Waals surface area (Å²) in [6.45, 7) is 7.95. The second-order valence-electron chi connectivity index (χ2n) is 8.56. The summed E-state index contributed by atoms with van der Waals surface area (Å²) in [5, 5.41) is 2.85. The molecule has 2 amide bonds. The fraction of sp³-hybridized carbons (Fsp3) is 0.417. The number of hydrogen-bond acceptors (Lipinski definition) is 4. The van der Waals surface area contributed by atoms with E-state index in [1.807, 2.05) is 39.0 Å². The third-order valence-electron chi connectivity index (χ3n) is 5.56. The predicted molar refractivity (Wildman–Crippen MR) is 126 cm³/mol. The molecule has 0 spiro atoms. The van der Waals surface area contributed by atoms with Gasteiger partial charge in [0.1, 0.15) is 6.04 Å². The number of nitrogens with zero attached hydrogens (tertiary/aromatic N) is 1. The SMILES string of the molecule is CCc1cccc(NC(=O)C(CC(C)C)NS(=O)(=O)c2ccc3c(c2)CCN3C(C)=O)c1. The number of rotatable bonds is 8. The van der Waals surface area contributed by atoms with Crippen molar-refractivity contribution >= 4 is 33.2 Å². The van der Waals surface area contributed by atoms with Crippen LogP contribution in [0.4, 0.5) is 11.4 Å². The summed E-state index contributed by atoms with van der Waals surface area (Å²) >= 11 is 0. The Balaban J connectivity index is 1.81. The Morgan fingerprint density at radius 2 is 1.88 bits per heavy atom. The minimum atomic E-state index is -3.93. The van der Waals surface area contributed by atoms with Crippen LogP contribution in [0.15, 0.2) is 47.4 Å². The molecule has 7 nitrogen and oxygen atoms in total. The highest BCUT2D eigenvalue weighted by atomic mass is 32.2. The van der Waals surface area contributed by atoms with Gasteiger partial charge in [0, 0.05) is 24.8 Å². The van der Waals surface area contributed by atoms with Gasteiger partial charge >= 0.3 is 0 Å². The van der Waals surface area contributed by atoms with Crippen molar-refractivity contribution in [1.82, 2.24) is 4.72 Å². The van der Waals surface area contributed by atoms with Gasteiger partial charge in [0.2, 0.25) is 21.8 Å². The van der Waals surface area contributed by atoms with Gasteiger partial charge in [0.25, 0.3) is 0 Å². The zero-order valence-corrected chi connectivity index (χ0v) is 19.8. The lowest BCUT2D eigenvalue weighted by atomic mass is 10.0. The topological polar surface area (TPSA) is 95.6 Å². The van der Waals surface area contributed by atoms with Gasteiger partial charge in [-0.15, -0.1) is 0 Å². The van der Waals surface area contributed by atoms with Crippen LogP contribution < -0.4 is 14.9 Å². The Labute approximate surface area is 190 Å². The summed E-state index contributed by atoms with van der Waals surface area (Å²) < 4.78 is 28.8. The molecule has 1 aliphatic heterocycles. The number of anilines is 2. The van der Waals surface area contributed by atoms with Crippen molar-refractivity contribution in [1.29, 1.82) is 0 Å². The normalized spacial score (nSPS) is 14.3. The Hall–Kier alpha value is -2.71. The number of sulfonamides is 1. The monoisotopic (exact) mass is 457 g/mol. The van der Waals surface area contributed by atoms with Gasteiger partial charge in [0.05, 0.1) is 4.90 Å². The molecule has 0 aliphatic carbocycles. The van der Waals surface area contributed by atoms with Crippen LogP contribution in [0, 0.1) is 5.92 Å². The minimum Gasteiger partial charge on any atom is -0.325 e. The van der Waals surface area contributed by atoms with Crippen LogP contribution in [-0.4, -0.2) is 32.8 Å². The molecule has 2 aromatic rings. The van der Waals surface area contributed by atoms with Gasteiger partial charge in [-0.25, -0.2) is 8.42 Å². The Bertz CT molecular complexity index is 1110. The lowest BCUT2D eigenvalue weighted by Crippen LogP contribution is -2.44. The molecule has 172 valence electrons. The molecule has 0 bridgehead atoms. The molecule has 0 aromatic heterocycles. The average molecular weight is 458 g/mol. The third-order valence-corrected chi connectivity index (χ3v) is 7.03. The number of aryl methyl sites for hydroxylation is 1. The van der Waals surface area contributed by atoms with Gasteiger partial charge in [-0.2, -0.15) is 4.72 Å². The van der Waals surface area contributed by atoms with Crippen LogP contribution >= 0.6 is 0 Å². The number of carbonyl (C=O) groups is 2. The van der Waals surface area contributed by atoms with Crippen molar-refractivity contribution in [3.05, 3.63) is 53.6 Å².